The molecule has 0 unspecified atom stereocenters. The second-order valence-corrected chi connectivity index (χ2v) is 2.66. The molecule has 0 fully saturated rings. The highest BCUT2D eigenvalue weighted by Crippen LogP contribution is 2.23. The molecule has 1 heterocycles. The topological polar surface area (TPSA) is 22.4 Å². The largest absolute Gasteiger partial charge is 0.497 e. The summed E-state index contributed by atoms with van der Waals surface area (Å²) in [5, 5.41) is 0.965. The lowest BCUT2D eigenvalue weighted by Crippen LogP contribution is -1.79. The van der Waals surface area contributed by atoms with Crippen LogP contribution in [0, 0.1) is 12.3 Å². The SMILES string of the molecule is C#Cc1cc2cc(OC)ccc2o1. The van der Waals surface area contributed by atoms with Gasteiger partial charge in [-0.05, 0) is 24.1 Å². The van der Waals surface area contributed by atoms with Crippen LogP contribution in [0.15, 0.2) is 28.7 Å². The van der Waals surface area contributed by atoms with Gasteiger partial charge in [-0.3, -0.25) is 0 Å². The average Bonchev–Trinajstić information content (AvgIpc) is 2.58. The highest BCUT2D eigenvalue weighted by atomic mass is 16.5. The van der Waals surface area contributed by atoms with Gasteiger partial charge >= 0.3 is 0 Å². The smallest absolute Gasteiger partial charge is 0.177 e. The molecule has 2 heteroatoms. The van der Waals surface area contributed by atoms with E-state index >= 15 is 0 Å². The zero-order chi connectivity index (χ0) is 9.26. The Hall–Kier alpha value is -1.88. The number of rotatable bonds is 1. The number of furan rings is 1. The third-order valence-electron chi connectivity index (χ3n) is 1.87. The summed E-state index contributed by atoms with van der Waals surface area (Å²) in [5.74, 6) is 3.79. The van der Waals surface area contributed by atoms with Crippen LogP contribution in [-0.4, -0.2) is 7.11 Å². The van der Waals surface area contributed by atoms with E-state index in [1.165, 1.54) is 0 Å². The lowest BCUT2D eigenvalue weighted by molar-refractivity contribution is 0.415. The van der Waals surface area contributed by atoms with Crippen LogP contribution < -0.4 is 4.74 Å². The summed E-state index contributed by atoms with van der Waals surface area (Å²) in [6, 6.07) is 7.39. The average molecular weight is 172 g/mol. The number of ether oxygens (including phenoxy) is 1. The first-order chi connectivity index (χ1) is 6.33. The van der Waals surface area contributed by atoms with E-state index < -0.39 is 0 Å². The molecule has 0 aliphatic heterocycles. The van der Waals surface area contributed by atoms with Crippen LogP contribution in [0.5, 0.6) is 5.75 Å². The number of benzene rings is 1. The van der Waals surface area contributed by atoms with Gasteiger partial charge in [-0.2, -0.15) is 0 Å². The first kappa shape index (κ1) is 7.75. The fourth-order valence-electron chi connectivity index (χ4n) is 1.22. The van der Waals surface area contributed by atoms with Gasteiger partial charge in [0.25, 0.3) is 0 Å². The second-order valence-electron chi connectivity index (χ2n) is 2.66. The summed E-state index contributed by atoms with van der Waals surface area (Å²) in [7, 11) is 1.63. The van der Waals surface area contributed by atoms with Crippen molar-refractivity contribution in [1.29, 1.82) is 0 Å². The Morgan fingerprint density at radius 1 is 1.38 bits per heavy atom. The maximum absolute atomic E-state index is 5.33. The molecule has 1 aromatic carbocycles. The van der Waals surface area contributed by atoms with Gasteiger partial charge in [-0.1, -0.05) is 0 Å². The van der Waals surface area contributed by atoms with Gasteiger partial charge in [0.1, 0.15) is 11.3 Å². The monoisotopic (exact) mass is 172 g/mol. The van der Waals surface area contributed by atoms with Gasteiger partial charge in [0.2, 0.25) is 0 Å². The van der Waals surface area contributed by atoms with Crippen molar-refractivity contribution in [2.45, 2.75) is 0 Å². The molecule has 0 saturated heterocycles. The molecule has 0 bridgehead atoms. The summed E-state index contributed by atoms with van der Waals surface area (Å²) in [5.41, 5.74) is 0.786. The highest BCUT2D eigenvalue weighted by molar-refractivity contribution is 5.80. The fourth-order valence-corrected chi connectivity index (χ4v) is 1.22. The van der Waals surface area contributed by atoms with E-state index in [1.54, 1.807) is 7.11 Å². The Labute approximate surface area is 76.1 Å². The lowest BCUT2D eigenvalue weighted by Gasteiger charge is -1.96. The molecule has 0 amide bonds. The van der Waals surface area contributed by atoms with Crippen molar-refractivity contribution in [2.24, 2.45) is 0 Å². The van der Waals surface area contributed by atoms with Gasteiger partial charge in [-0.15, -0.1) is 6.42 Å². The van der Waals surface area contributed by atoms with Crippen molar-refractivity contribution < 1.29 is 9.15 Å². The van der Waals surface area contributed by atoms with Crippen LogP contribution in [0.3, 0.4) is 0 Å². The van der Waals surface area contributed by atoms with E-state index in [2.05, 4.69) is 5.92 Å². The molecule has 0 N–H and O–H groups in total. The molecule has 0 radical (unpaired) electrons. The molecular formula is C11H8O2. The summed E-state index contributed by atoms with van der Waals surface area (Å²) >= 11 is 0. The van der Waals surface area contributed by atoms with Crippen molar-refractivity contribution in [2.75, 3.05) is 7.11 Å². The highest BCUT2D eigenvalue weighted by Gasteiger charge is 2.01. The first-order valence-corrected chi connectivity index (χ1v) is 3.87. The van der Waals surface area contributed by atoms with Gasteiger partial charge in [-0.25, -0.2) is 0 Å². The van der Waals surface area contributed by atoms with Gasteiger partial charge in [0.05, 0.1) is 7.11 Å². The minimum Gasteiger partial charge on any atom is -0.497 e. The van der Waals surface area contributed by atoms with Crippen LogP contribution in [0.1, 0.15) is 5.76 Å². The van der Waals surface area contributed by atoms with E-state index in [1.807, 2.05) is 24.3 Å². The molecule has 64 valence electrons. The lowest BCUT2D eigenvalue weighted by atomic mass is 10.2. The van der Waals surface area contributed by atoms with Crippen molar-refractivity contribution >= 4 is 11.0 Å². The zero-order valence-electron chi connectivity index (χ0n) is 7.20. The maximum Gasteiger partial charge on any atom is 0.177 e. The summed E-state index contributed by atoms with van der Waals surface area (Å²) < 4.78 is 10.4. The van der Waals surface area contributed by atoms with Gasteiger partial charge < -0.3 is 9.15 Å². The van der Waals surface area contributed by atoms with E-state index in [9.17, 15) is 0 Å². The van der Waals surface area contributed by atoms with Crippen LogP contribution in [0.4, 0.5) is 0 Å². The van der Waals surface area contributed by atoms with Crippen LogP contribution >= 0.6 is 0 Å². The number of terminal acetylenes is 1. The predicted molar refractivity (Wildman–Crippen MR) is 50.7 cm³/mol. The summed E-state index contributed by atoms with van der Waals surface area (Å²) in [6.45, 7) is 0. The molecule has 0 spiro atoms. The van der Waals surface area contributed by atoms with E-state index in [-0.39, 0.29) is 0 Å². The Balaban J connectivity index is 2.65. The fraction of sp³-hybridized carbons (Fsp3) is 0.0909. The molecule has 0 aliphatic carbocycles. The molecule has 13 heavy (non-hydrogen) atoms. The van der Waals surface area contributed by atoms with Gasteiger partial charge in [0, 0.05) is 11.5 Å². The molecule has 0 saturated carbocycles. The summed E-state index contributed by atoms with van der Waals surface area (Å²) in [4.78, 5) is 0. The number of methoxy groups -OCH3 is 1. The molecular weight excluding hydrogens is 164 g/mol. The van der Waals surface area contributed by atoms with Gasteiger partial charge in [0.15, 0.2) is 5.76 Å². The second kappa shape index (κ2) is 2.87. The van der Waals surface area contributed by atoms with E-state index in [4.69, 9.17) is 15.6 Å². The number of hydrogen-bond donors (Lipinski definition) is 0. The van der Waals surface area contributed by atoms with Crippen molar-refractivity contribution in [3.63, 3.8) is 0 Å². The Kier molecular flexibility index (Phi) is 1.71. The number of fused-ring (bicyclic) bond motifs is 1. The summed E-state index contributed by atoms with van der Waals surface area (Å²) in [6.07, 6.45) is 5.21. The van der Waals surface area contributed by atoms with Crippen molar-refractivity contribution in [1.82, 2.24) is 0 Å². The first-order valence-electron chi connectivity index (χ1n) is 3.87. The standard InChI is InChI=1S/C11H8O2/c1-3-9-6-8-7-10(12-2)4-5-11(8)13-9/h1,4-7H,2H3. The van der Waals surface area contributed by atoms with Crippen LogP contribution in [0.25, 0.3) is 11.0 Å². The third-order valence-corrected chi connectivity index (χ3v) is 1.87. The Bertz CT molecular complexity index is 474. The zero-order valence-corrected chi connectivity index (χ0v) is 7.20. The quantitative estimate of drug-likeness (QED) is 0.616. The minimum atomic E-state index is 0.545. The molecule has 0 atom stereocenters. The van der Waals surface area contributed by atoms with E-state index in [0.29, 0.717) is 5.76 Å². The Morgan fingerprint density at radius 2 is 2.23 bits per heavy atom. The molecule has 0 aliphatic rings. The molecule has 1 aromatic heterocycles. The van der Waals surface area contributed by atoms with Crippen molar-refractivity contribution in [3.8, 4) is 18.1 Å². The van der Waals surface area contributed by atoms with Crippen LogP contribution in [0.2, 0.25) is 0 Å². The normalized spacial score (nSPS) is 9.85. The molecule has 2 nitrogen and oxygen atoms in total. The molecule has 2 aromatic rings. The van der Waals surface area contributed by atoms with Crippen molar-refractivity contribution in [3.05, 3.63) is 30.0 Å². The molecule has 2 rings (SSSR count). The van der Waals surface area contributed by atoms with Crippen LogP contribution in [-0.2, 0) is 0 Å². The number of hydrogen-bond acceptors (Lipinski definition) is 2. The Morgan fingerprint density at radius 3 is 2.92 bits per heavy atom. The van der Waals surface area contributed by atoms with E-state index in [0.717, 1.165) is 16.7 Å². The third kappa shape index (κ3) is 1.25. The predicted octanol–water partition coefficient (Wildman–Crippen LogP) is 2.42. The maximum atomic E-state index is 5.33. The minimum absolute atomic E-state index is 0.545.